The summed E-state index contributed by atoms with van der Waals surface area (Å²) in [6.07, 6.45) is 3.36. The van der Waals surface area contributed by atoms with Gasteiger partial charge in [0.2, 0.25) is 5.91 Å². The van der Waals surface area contributed by atoms with Crippen LogP contribution in [0.5, 0.6) is 0 Å². The zero-order valence-corrected chi connectivity index (χ0v) is 11.4. The molecule has 1 amide bonds. The molecule has 0 aromatic heterocycles. The van der Waals surface area contributed by atoms with Gasteiger partial charge < -0.3 is 4.90 Å². The molecule has 1 aliphatic heterocycles. The lowest BCUT2D eigenvalue weighted by Crippen LogP contribution is -2.49. The van der Waals surface area contributed by atoms with E-state index in [4.69, 9.17) is 0 Å². The maximum absolute atomic E-state index is 12.2. The average Bonchev–Trinajstić information content (AvgIpc) is 3.25. The standard InChI is InChI=1S/C16H22N2O/c19-16(12-14-4-2-1-3-5-14)18-10-8-17(9-11-18)13-15-6-7-15/h1-5,15H,6-13H2. The molecule has 0 radical (unpaired) electrons. The monoisotopic (exact) mass is 258 g/mol. The lowest BCUT2D eigenvalue weighted by atomic mass is 10.1. The van der Waals surface area contributed by atoms with E-state index >= 15 is 0 Å². The minimum Gasteiger partial charge on any atom is -0.340 e. The number of benzene rings is 1. The highest BCUT2D eigenvalue weighted by atomic mass is 16.2. The number of carbonyl (C=O) groups excluding carboxylic acids is 1. The van der Waals surface area contributed by atoms with Crippen LogP contribution in [0.1, 0.15) is 18.4 Å². The molecule has 102 valence electrons. The predicted octanol–water partition coefficient (Wildman–Crippen LogP) is 1.78. The number of hydrogen-bond donors (Lipinski definition) is 0. The van der Waals surface area contributed by atoms with Crippen LogP contribution in [0.2, 0.25) is 0 Å². The first-order valence-corrected chi connectivity index (χ1v) is 7.35. The normalized spacial score (nSPS) is 20.5. The molecule has 0 unspecified atom stereocenters. The Morgan fingerprint density at radius 2 is 1.74 bits per heavy atom. The van der Waals surface area contributed by atoms with Gasteiger partial charge in [-0.2, -0.15) is 0 Å². The Hall–Kier alpha value is -1.35. The molecule has 1 aliphatic carbocycles. The molecule has 0 spiro atoms. The van der Waals surface area contributed by atoms with Crippen LogP contribution in [-0.4, -0.2) is 48.4 Å². The van der Waals surface area contributed by atoms with Crippen molar-refractivity contribution in [3.8, 4) is 0 Å². The molecule has 0 bridgehead atoms. The predicted molar refractivity (Wildman–Crippen MR) is 75.9 cm³/mol. The second-order valence-corrected chi connectivity index (χ2v) is 5.79. The third-order valence-electron chi connectivity index (χ3n) is 4.14. The van der Waals surface area contributed by atoms with Crippen molar-refractivity contribution in [3.05, 3.63) is 35.9 Å². The summed E-state index contributed by atoms with van der Waals surface area (Å²) in [5.41, 5.74) is 1.12. The summed E-state index contributed by atoms with van der Waals surface area (Å²) in [6.45, 7) is 5.16. The summed E-state index contributed by atoms with van der Waals surface area (Å²) in [6, 6.07) is 10.0. The summed E-state index contributed by atoms with van der Waals surface area (Å²) < 4.78 is 0. The van der Waals surface area contributed by atoms with Crippen LogP contribution in [0.25, 0.3) is 0 Å². The van der Waals surface area contributed by atoms with E-state index in [2.05, 4.69) is 4.90 Å². The highest BCUT2D eigenvalue weighted by molar-refractivity contribution is 5.78. The lowest BCUT2D eigenvalue weighted by molar-refractivity contribution is -0.132. The molecule has 1 saturated carbocycles. The van der Waals surface area contributed by atoms with Crippen molar-refractivity contribution < 1.29 is 4.79 Å². The van der Waals surface area contributed by atoms with Gasteiger partial charge in [0.1, 0.15) is 0 Å². The largest absolute Gasteiger partial charge is 0.340 e. The van der Waals surface area contributed by atoms with Gasteiger partial charge in [0.05, 0.1) is 6.42 Å². The van der Waals surface area contributed by atoms with E-state index in [1.54, 1.807) is 0 Å². The Labute approximate surface area is 115 Å². The summed E-state index contributed by atoms with van der Waals surface area (Å²) in [7, 11) is 0. The van der Waals surface area contributed by atoms with E-state index < -0.39 is 0 Å². The molecular formula is C16H22N2O. The van der Waals surface area contributed by atoms with E-state index in [0.717, 1.165) is 37.7 Å². The number of piperazine rings is 1. The van der Waals surface area contributed by atoms with Gasteiger partial charge in [-0.3, -0.25) is 9.69 Å². The molecule has 1 aromatic rings. The zero-order chi connectivity index (χ0) is 13.1. The Morgan fingerprint density at radius 1 is 1.05 bits per heavy atom. The summed E-state index contributed by atoms with van der Waals surface area (Å²) >= 11 is 0. The van der Waals surface area contributed by atoms with Crippen molar-refractivity contribution in [2.45, 2.75) is 19.3 Å². The van der Waals surface area contributed by atoms with E-state index in [9.17, 15) is 4.79 Å². The van der Waals surface area contributed by atoms with Gasteiger partial charge in [-0.25, -0.2) is 0 Å². The van der Waals surface area contributed by atoms with Crippen LogP contribution in [0, 0.1) is 5.92 Å². The topological polar surface area (TPSA) is 23.6 Å². The van der Waals surface area contributed by atoms with Crippen molar-refractivity contribution in [2.75, 3.05) is 32.7 Å². The first kappa shape index (κ1) is 12.7. The van der Waals surface area contributed by atoms with E-state index in [1.165, 1.54) is 19.4 Å². The molecule has 1 saturated heterocycles. The first-order valence-electron chi connectivity index (χ1n) is 7.35. The van der Waals surface area contributed by atoms with Crippen molar-refractivity contribution in [1.82, 2.24) is 9.80 Å². The third kappa shape index (κ3) is 3.57. The summed E-state index contributed by atoms with van der Waals surface area (Å²) in [5, 5.41) is 0. The molecule has 2 aliphatic rings. The zero-order valence-electron chi connectivity index (χ0n) is 11.4. The first-order chi connectivity index (χ1) is 9.31. The summed E-state index contributed by atoms with van der Waals surface area (Å²) in [5.74, 6) is 1.23. The van der Waals surface area contributed by atoms with Gasteiger partial charge >= 0.3 is 0 Å². The van der Waals surface area contributed by atoms with Crippen LogP contribution < -0.4 is 0 Å². The highest BCUT2D eigenvalue weighted by Gasteiger charge is 2.27. The fourth-order valence-electron chi connectivity index (χ4n) is 2.73. The molecule has 3 heteroatoms. The minimum atomic E-state index is 0.275. The Balaban J connectivity index is 1.46. The molecule has 0 atom stereocenters. The van der Waals surface area contributed by atoms with Crippen molar-refractivity contribution in [1.29, 1.82) is 0 Å². The van der Waals surface area contributed by atoms with Crippen molar-refractivity contribution in [3.63, 3.8) is 0 Å². The SMILES string of the molecule is O=C(Cc1ccccc1)N1CCN(CC2CC2)CC1. The van der Waals surface area contributed by atoms with Gasteiger partial charge in [0.15, 0.2) is 0 Å². The second kappa shape index (κ2) is 5.74. The molecule has 2 fully saturated rings. The molecule has 1 heterocycles. The van der Waals surface area contributed by atoms with Crippen LogP contribution in [-0.2, 0) is 11.2 Å². The Kier molecular flexibility index (Phi) is 3.83. The third-order valence-corrected chi connectivity index (χ3v) is 4.14. The Bertz CT molecular complexity index is 420. The van der Waals surface area contributed by atoms with Crippen LogP contribution in [0.3, 0.4) is 0 Å². The average molecular weight is 258 g/mol. The lowest BCUT2D eigenvalue weighted by Gasteiger charge is -2.34. The molecule has 1 aromatic carbocycles. The van der Waals surface area contributed by atoms with Gasteiger partial charge in [-0.15, -0.1) is 0 Å². The van der Waals surface area contributed by atoms with E-state index in [0.29, 0.717) is 6.42 Å². The number of hydrogen-bond acceptors (Lipinski definition) is 2. The Morgan fingerprint density at radius 3 is 2.37 bits per heavy atom. The number of amides is 1. The van der Waals surface area contributed by atoms with Gasteiger partial charge in [0.25, 0.3) is 0 Å². The molecule has 3 rings (SSSR count). The number of nitrogens with zero attached hydrogens (tertiary/aromatic N) is 2. The maximum Gasteiger partial charge on any atom is 0.227 e. The van der Waals surface area contributed by atoms with Gasteiger partial charge in [-0.1, -0.05) is 30.3 Å². The minimum absolute atomic E-state index is 0.275. The van der Waals surface area contributed by atoms with Crippen LogP contribution >= 0.6 is 0 Å². The van der Waals surface area contributed by atoms with Crippen LogP contribution in [0.4, 0.5) is 0 Å². The van der Waals surface area contributed by atoms with E-state index in [-0.39, 0.29) is 5.91 Å². The maximum atomic E-state index is 12.2. The molecular weight excluding hydrogens is 236 g/mol. The van der Waals surface area contributed by atoms with E-state index in [1.807, 2.05) is 35.2 Å². The quantitative estimate of drug-likeness (QED) is 0.822. The van der Waals surface area contributed by atoms with Crippen molar-refractivity contribution >= 4 is 5.91 Å². The molecule has 19 heavy (non-hydrogen) atoms. The van der Waals surface area contributed by atoms with Gasteiger partial charge in [-0.05, 0) is 24.3 Å². The smallest absolute Gasteiger partial charge is 0.227 e. The number of rotatable bonds is 4. The van der Waals surface area contributed by atoms with Gasteiger partial charge in [0, 0.05) is 32.7 Å². The summed E-state index contributed by atoms with van der Waals surface area (Å²) in [4.78, 5) is 16.8. The molecule has 0 N–H and O–H groups in total. The van der Waals surface area contributed by atoms with Crippen LogP contribution in [0.15, 0.2) is 30.3 Å². The fourth-order valence-corrected chi connectivity index (χ4v) is 2.73. The number of carbonyl (C=O) groups is 1. The highest BCUT2D eigenvalue weighted by Crippen LogP contribution is 2.29. The fraction of sp³-hybridized carbons (Fsp3) is 0.562. The molecule has 3 nitrogen and oxygen atoms in total. The van der Waals surface area contributed by atoms with Crippen molar-refractivity contribution in [2.24, 2.45) is 5.92 Å². The second-order valence-electron chi connectivity index (χ2n) is 5.79.